The molecule has 1 aromatic carbocycles. The van der Waals surface area contributed by atoms with Crippen LogP contribution in [0.5, 0.6) is 5.75 Å². The fourth-order valence-electron chi connectivity index (χ4n) is 3.11. The average Bonchev–Trinajstić information content (AvgIpc) is 3.00. The Bertz CT molecular complexity index is 504. The van der Waals surface area contributed by atoms with Gasteiger partial charge in [0, 0.05) is 24.5 Å². The molecule has 1 aromatic rings. The summed E-state index contributed by atoms with van der Waals surface area (Å²) in [5.41, 5.74) is -0.0594. The molecule has 100 valence electrons. The number of para-hydroxylation sites is 1. The highest BCUT2D eigenvalue weighted by molar-refractivity contribution is 5.46. The third-order valence-electron chi connectivity index (χ3n) is 4.24. The van der Waals surface area contributed by atoms with E-state index in [4.69, 9.17) is 9.47 Å². The smallest absolute Gasteiger partial charge is 0.124 e. The molecule has 4 heteroatoms. The van der Waals surface area contributed by atoms with Gasteiger partial charge in [0.05, 0.1) is 25.4 Å². The summed E-state index contributed by atoms with van der Waals surface area (Å²) in [6, 6.07) is 9.88. The summed E-state index contributed by atoms with van der Waals surface area (Å²) >= 11 is 0. The number of nitrogens with zero attached hydrogens (tertiary/aromatic N) is 1. The first-order valence-corrected chi connectivity index (χ1v) is 6.67. The Labute approximate surface area is 112 Å². The van der Waals surface area contributed by atoms with Gasteiger partial charge in [-0.1, -0.05) is 18.2 Å². The molecular weight excluding hydrogens is 242 g/mol. The van der Waals surface area contributed by atoms with E-state index in [9.17, 15) is 10.4 Å². The van der Waals surface area contributed by atoms with Gasteiger partial charge in [-0.3, -0.25) is 0 Å². The quantitative estimate of drug-likeness (QED) is 0.876. The molecule has 1 fully saturated rings. The Morgan fingerprint density at radius 1 is 1.37 bits per heavy atom. The number of aliphatic hydroxyl groups is 1. The van der Waals surface area contributed by atoms with E-state index in [1.54, 1.807) is 0 Å². The number of fused-ring (bicyclic) bond motifs is 1. The molecule has 0 radical (unpaired) electrons. The highest BCUT2D eigenvalue weighted by Crippen LogP contribution is 2.43. The van der Waals surface area contributed by atoms with Crippen molar-refractivity contribution in [2.24, 2.45) is 5.92 Å². The molecule has 3 unspecified atom stereocenters. The Morgan fingerprint density at radius 3 is 2.95 bits per heavy atom. The summed E-state index contributed by atoms with van der Waals surface area (Å²) in [7, 11) is 0. The highest BCUT2D eigenvalue weighted by Gasteiger charge is 2.48. The second kappa shape index (κ2) is 4.84. The maximum absolute atomic E-state index is 10.7. The molecule has 3 atom stereocenters. The van der Waals surface area contributed by atoms with Crippen molar-refractivity contribution in [3.8, 4) is 11.8 Å². The lowest BCUT2D eigenvalue weighted by molar-refractivity contribution is 0.0273. The van der Waals surface area contributed by atoms with Crippen molar-refractivity contribution in [2.45, 2.75) is 24.4 Å². The lowest BCUT2D eigenvalue weighted by Gasteiger charge is -2.38. The van der Waals surface area contributed by atoms with E-state index in [0.29, 0.717) is 32.0 Å². The molecular formula is C15H17NO3. The standard InChI is InChI=1S/C15H17NO3/c16-10-15(14(17)11-5-7-18-9-11)6-8-19-13-4-2-1-3-12(13)15/h1-4,11,14,17H,5-9H2. The van der Waals surface area contributed by atoms with Gasteiger partial charge in [0.15, 0.2) is 0 Å². The Hall–Kier alpha value is -1.57. The van der Waals surface area contributed by atoms with Crippen LogP contribution in [0.4, 0.5) is 0 Å². The van der Waals surface area contributed by atoms with Gasteiger partial charge >= 0.3 is 0 Å². The van der Waals surface area contributed by atoms with Crippen LogP contribution in [0, 0.1) is 17.2 Å². The molecule has 0 amide bonds. The highest BCUT2D eigenvalue weighted by atomic mass is 16.5. The van der Waals surface area contributed by atoms with Crippen LogP contribution in [0.3, 0.4) is 0 Å². The van der Waals surface area contributed by atoms with Gasteiger partial charge in [0.25, 0.3) is 0 Å². The number of hydrogen-bond acceptors (Lipinski definition) is 4. The van der Waals surface area contributed by atoms with Gasteiger partial charge in [0.1, 0.15) is 11.2 Å². The second-order valence-corrected chi connectivity index (χ2v) is 5.25. The predicted octanol–water partition coefficient (Wildman–Crippen LogP) is 1.63. The fourth-order valence-corrected chi connectivity index (χ4v) is 3.11. The van der Waals surface area contributed by atoms with Crippen molar-refractivity contribution in [1.29, 1.82) is 5.26 Å². The Balaban J connectivity index is 2.02. The van der Waals surface area contributed by atoms with E-state index in [1.807, 2.05) is 24.3 Å². The van der Waals surface area contributed by atoms with Gasteiger partial charge in [-0.2, -0.15) is 5.26 Å². The molecule has 0 bridgehead atoms. The molecule has 1 saturated heterocycles. The minimum Gasteiger partial charge on any atom is -0.493 e. The molecule has 2 aliphatic rings. The van der Waals surface area contributed by atoms with Crippen molar-refractivity contribution >= 4 is 0 Å². The SMILES string of the molecule is N#CC1(C(O)C2CCOC2)CCOc2ccccc21. The van der Waals surface area contributed by atoms with Crippen molar-refractivity contribution in [3.63, 3.8) is 0 Å². The van der Waals surface area contributed by atoms with Crippen molar-refractivity contribution < 1.29 is 14.6 Å². The average molecular weight is 259 g/mol. The molecule has 2 aliphatic heterocycles. The lowest BCUT2D eigenvalue weighted by Crippen LogP contribution is -2.46. The van der Waals surface area contributed by atoms with Crippen LogP contribution in [0.1, 0.15) is 18.4 Å². The van der Waals surface area contributed by atoms with E-state index < -0.39 is 11.5 Å². The summed E-state index contributed by atoms with van der Waals surface area (Å²) in [6.07, 6.45) is 0.635. The van der Waals surface area contributed by atoms with Crippen LogP contribution in [-0.4, -0.2) is 31.0 Å². The van der Waals surface area contributed by atoms with Gasteiger partial charge in [0.2, 0.25) is 0 Å². The zero-order valence-corrected chi connectivity index (χ0v) is 10.7. The van der Waals surface area contributed by atoms with Gasteiger partial charge in [-0.05, 0) is 12.5 Å². The zero-order chi connectivity index (χ0) is 13.3. The zero-order valence-electron chi connectivity index (χ0n) is 10.7. The summed E-state index contributed by atoms with van der Waals surface area (Å²) in [5, 5.41) is 20.4. The molecule has 0 aromatic heterocycles. The molecule has 1 N–H and O–H groups in total. The number of ether oxygens (including phenoxy) is 2. The van der Waals surface area contributed by atoms with Crippen LogP contribution < -0.4 is 4.74 Å². The summed E-state index contributed by atoms with van der Waals surface area (Å²) in [5.74, 6) is 0.749. The minimum absolute atomic E-state index is 0.0332. The Morgan fingerprint density at radius 2 is 2.21 bits per heavy atom. The third-order valence-corrected chi connectivity index (χ3v) is 4.24. The first kappa shape index (κ1) is 12.5. The van der Waals surface area contributed by atoms with Crippen LogP contribution in [0.25, 0.3) is 0 Å². The normalized spacial score (nSPS) is 31.1. The first-order valence-electron chi connectivity index (χ1n) is 6.67. The van der Waals surface area contributed by atoms with Crippen molar-refractivity contribution in [3.05, 3.63) is 29.8 Å². The third kappa shape index (κ3) is 1.90. The summed E-state index contributed by atoms with van der Waals surface area (Å²) < 4.78 is 10.9. The number of benzene rings is 1. The summed E-state index contributed by atoms with van der Waals surface area (Å²) in [6.45, 7) is 1.67. The van der Waals surface area contributed by atoms with Crippen LogP contribution >= 0.6 is 0 Å². The minimum atomic E-state index is -0.868. The largest absolute Gasteiger partial charge is 0.493 e. The number of nitriles is 1. The van der Waals surface area contributed by atoms with Gasteiger partial charge < -0.3 is 14.6 Å². The monoisotopic (exact) mass is 259 g/mol. The molecule has 0 spiro atoms. The topological polar surface area (TPSA) is 62.5 Å². The van der Waals surface area contributed by atoms with Gasteiger partial charge in [-0.15, -0.1) is 0 Å². The molecule has 0 saturated carbocycles. The molecule has 19 heavy (non-hydrogen) atoms. The number of hydrogen-bond donors (Lipinski definition) is 1. The van der Waals surface area contributed by atoms with E-state index >= 15 is 0 Å². The second-order valence-electron chi connectivity index (χ2n) is 5.25. The van der Waals surface area contributed by atoms with Crippen molar-refractivity contribution in [1.82, 2.24) is 0 Å². The maximum atomic E-state index is 10.7. The van der Waals surface area contributed by atoms with Crippen molar-refractivity contribution in [2.75, 3.05) is 19.8 Å². The maximum Gasteiger partial charge on any atom is 0.124 e. The number of aliphatic hydroxyl groups excluding tert-OH is 1. The lowest BCUT2D eigenvalue weighted by atomic mass is 9.69. The molecule has 0 aliphatic carbocycles. The van der Waals surface area contributed by atoms with Crippen LogP contribution in [0.2, 0.25) is 0 Å². The fraction of sp³-hybridized carbons (Fsp3) is 0.533. The summed E-state index contributed by atoms with van der Waals surface area (Å²) in [4.78, 5) is 0. The predicted molar refractivity (Wildman–Crippen MR) is 68.8 cm³/mol. The van der Waals surface area contributed by atoms with E-state index in [2.05, 4.69) is 6.07 Å². The van der Waals surface area contributed by atoms with E-state index in [1.165, 1.54) is 0 Å². The first-order chi connectivity index (χ1) is 9.28. The van der Waals surface area contributed by atoms with Crippen LogP contribution in [-0.2, 0) is 10.2 Å². The van der Waals surface area contributed by atoms with E-state index in [0.717, 1.165) is 12.0 Å². The van der Waals surface area contributed by atoms with Crippen LogP contribution in [0.15, 0.2) is 24.3 Å². The van der Waals surface area contributed by atoms with Gasteiger partial charge in [-0.25, -0.2) is 0 Å². The van der Waals surface area contributed by atoms with E-state index in [-0.39, 0.29) is 5.92 Å². The molecule has 2 heterocycles. The molecule has 4 nitrogen and oxygen atoms in total. The molecule has 3 rings (SSSR count). The Kier molecular flexibility index (Phi) is 3.17. The number of rotatable bonds is 2.